The Hall–Kier alpha value is -3.15. The molecule has 3 rings (SSSR count). The SMILES string of the molecule is Cc1ccccc1C(=O)NC(C(=O)N1CCC(NC(=O)CCc2ccccc2)CC1)C(C)C. The monoisotopic (exact) mass is 449 g/mol. The van der Waals surface area contributed by atoms with Gasteiger partial charge in [-0.1, -0.05) is 62.4 Å². The van der Waals surface area contributed by atoms with Crippen LogP contribution in [-0.4, -0.2) is 47.8 Å². The first kappa shape index (κ1) is 24.5. The number of rotatable bonds is 8. The molecule has 1 heterocycles. The Morgan fingerprint density at radius 3 is 2.24 bits per heavy atom. The van der Waals surface area contributed by atoms with Crippen LogP contribution in [0, 0.1) is 12.8 Å². The van der Waals surface area contributed by atoms with Crippen molar-refractivity contribution < 1.29 is 14.4 Å². The summed E-state index contributed by atoms with van der Waals surface area (Å²) >= 11 is 0. The highest BCUT2D eigenvalue weighted by Crippen LogP contribution is 2.16. The number of piperidine rings is 1. The van der Waals surface area contributed by atoms with Crippen LogP contribution < -0.4 is 10.6 Å². The summed E-state index contributed by atoms with van der Waals surface area (Å²) in [5, 5.41) is 6.06. The molecule has 1 aliphatic heterocycles. The van der Waals surface area contributed by atoms with Gasteiger partial charge in [-0.25, -0.2) is 0 Å². The molecule has 2 N–H and O–H groups in total. The van der Waals surface area contributed by atoms with Crippen LogP contribution >= 0.6 is 0 Å². The highest BCUT2D eigenvalue weighted by atomic mass is 16.2. The van der Waals surface area contributed by atoms with E-state index in [9.17, 15) is 14.4 Å². The Bertz CT molecular complexity index is 950. The van der Waals surface area contributed by atoms with E-state index in [-0.39, 0.29) is 29.7 Å². The van der Waals surface area contributed by atoms with Crippen molar-refractivity contribution in [3.05, 3.63) is 71.3 Å². The standard InChI is InChI=1S/C27H35N3O3/c1-19(2)25(29-26(32)23-12-8-7-9-20(23)3)27(33)30-17-15-22(16-18-30)28-24(31)14-13-21-10-5-4-6-11-21/h4-12,19,22,25H,13-18H2,1-3H3,(H,28,31)(H,29,32). The molecule has 6 heteroatoms. The van der Waals surface area contributed by atoms with E-state index >= 15 is 0 Å². The van der Waals surface area contributed by atoms with Gasteiger partial charge in [-0.05, 0) is 49.3 Å². The normalized spacial score (nSPS) is 15.2. The summed E-state index contributed by atoms with van der Waals surface area (Å²) in [6.45, 7) is 6.93. The number of hydrogen-bond acceptors (Lipinski definition) is 3. The third kappa shape index (κ3) is 6.91. The fraction of sp³-hybridized carbons (Fsp3) is 0.444. The van der Waals surface area contributed by atoms with Gasteiger partial charge in [0.1, 0.15) is 6.04 Å². The Balaban J connectivity index is 1.48. The molecule has 33 heavy (non-hydrogen) atoms. The quantitative estimate of drug-likeness (QED) is 0.648. The van der Waals surface area contributed by atoms with Gasteiger partial charge in [-0.2, -0.15) is 0 Å². The first-order valence-electron chi connectivity index (χ1n) is 11.8. The van der Waals surface area contributed by atoms with Gasteiger partial charge in [0.25, 0.3) is 5.91 Å². The fourth-order valence-electron chi connectivity index (χ4n) is 4.20. The Morgan fingerprint density at radius 1 is 0.970 bits per heavy atom. The number of nitrogens with one attached hydrogen (secondary N) is 2. The van der Waals surface area contributed by atoms with Crippen molar-refractivity contribution in [3.63, 3.8) is 0 Å². The molecular formula is C27H35N3O3. The molecular weight excluding hydrogens is 414 g/mol. The summed E-state index contributed by atoms with van der Waals surface area (Å²) in [4.78, 5) is 40.1. The van der Waals surface area contributed by atoms with Crippen LogP contribution in [0.3, 0.4) is 0 Å². The van der Waals surface area contributed by atoms with E-state index in [4.69, 9.17) is 0 Å². The molecule has 1 saturated heterocycles. The van der Waals surface area contributed by atoms with Crippen molar-refractivity contribution in [1.82, 2.24) is 15.5 Å². The lowest BCUT2D eigenvalue weighted by molar-refractivity contribution is -0.135. The second-order valence-electron chi connectivity index (χ2n) is 9.16. The van der Waals surface area contributed by atoms with Gasteiger partial charge in [0, 0.05) is 31.1 Å². The maximum atomic E-state index is 13.2. The lowest BCUT2D eigenvalue weighted by Gasteiger charge is -2.35. The number of nitrogens with zero attached hydrogens (tertiary/aromatic N) is 1. The molecule has 2 aromatic rings. The maximum Gasteiger partial charge on any atom is 0.252 e. The Morgan fingerprint density at radius 2 is 1.61 bits per heavy atom. The van der Waals surface area contributed by atoms with E-state index in [2.05, 4.69) is 10.6 Å². The predicted octanol–water partition coefficient (Wildman–Crippen LogP) is 3.49. The average molecular weight is 450 g/mol. The van der Waals surface area contributed by atoms with Crippen LogP contribution in [-0.2, 0) is 16.0 Å². The van der Waals surface area contributed by atoms with Gasteiger partial charge in [-0.15, -0.1) is 0 Å². The molecule has 0 bridgehead atoms. The first-order chi connectivity index (χ1) is 15.8. The molecule has 2 aromatic carbocycles. The molecule has 1 unspecified atom stereocenters. The molecule has 0 spiro atoms. The number of carbonyl (C=O) groups excluding carboxylic acids is 3. The number of carbonyl (C=O) groups is 3. The van der Waals surface area contributed by atoms with Crippen LogP contribution in [0.1, 0.15) is 54.6 Å². The van der Waals surface area contributed by atoms with E-state index in [1.54, 1.807) is 6.07 Å². The topological polar surface area (TPSA) is 78.5 Å². The maximum absolute atomic E-state index is 13.2. The smallest absolute Gasteiger partial charge is 0.252 e. The van der Waals surface area contributed by atoms with E-state index in [0.29, 0.717) is 25.1 Å². The Labute approximate surface area is 196 Å². The molecule has 3 amide bonds. The molecule has 0 saturated carbocycles. The summed E-state index contributed by atoms with van der Waals surface area (Å²) < 4.78 is 0. The van der Waals surface area contributed by atoms with Crippen LogP contribution in [0.4, 0.5) is 0 Å². The van der Waals surface area contributed by atoms with Gasteiger partial charge in [0.2, 0.25) is 11.8 Å². The minimum Gasteiger partial charge on any atom is -0.353 e. The molecule has 0 aliphatic carbocycles. The lowest BCUT2D eigenvalue weighted by atomic mass is 9.98. The van der Waals surface area contributed by atoms with Crippen LogP contribution in [0.2, 0.25) is 0 Å². The first-order valence-corrected chi connectivity index (χ1v) is 11.8. The summed E-state index contributed by atoms with van der Waals surface area (Å²) in [5.41, 5.74) is 2.63. The van der Waals surface area contributed by atoms with Gasteiger partial charge < -0.3 is 15.5 Å². The van der Waals surface area contributed by atoms with Crippen molar-refractivity contribution in [1.29, 1.82) is 0 Å². The third-order valence-corrected chi connectivity index (χ3v) is 6.26. The second-order valence-corrected chi connectivity index (χ2v) is 9.16. The highest BCUT2D eigenvalue weighted by Gasteiger charge is 2.32. The molecule has 1 fully saturated rings. The number of likely N-dealkylation sites (tertiary alicyclic amines) is 1. The van der Waals surface area contributed by atoms with Gasteiger partial charge in [0.15, 0.2) is 0 Å². The van der Waals surface area contributed by atoms with Crippen LogP contribution in [0.25, 0.3) is 0 Å². The van der Waals surface area contributed by atoms with Crippen molar-refractivity contribution in [2.24, 2.45) is 5.92 Å². The van der Waals surface area contributed by atoms with Crippen molar-refractivity contribution >= 4 is 17.7 Å². The van der Waals surface area contributed by atoms with Gasteiger partial charge in [0.05, 0.1) is 0 Å². The zero-order valence-electron chi connectivity index (χ0n) is 19.8. The number of aryl methyl sites for hydroxylation is 2. The van der Waals surface area contributed by atoms with Gasteiger partial charge >= 0.3 is 0 Å². The Kier molecular flexibility index (Phi) is 8.64. The minimum atomic E-state index is -0.575. The number of benzene rings is 2. The predicted molar refractivity (Wildman–Crippen MR) is 130 cm³/mol. The van der Waals surface area contributed by atoms with Crippen molar-refractivity contribution in [2.45, 2.75) is 58.5 Å². The molecule has 1 atom stereocenters. The summed E-state index contributed by atoms with van der Waals surface area (Å²) in [6, 6.07) is 16.9. The molecule has 0 radical (unpaired) electrons. The summed E-state index contributed by atoms with van der Waals surface area (Å²) in [6.07, 6.45) is 2.63. The van der Waals surface area contributed by atoms with E-state index in [0.717, 1.165) is 30.4 Å². The van der Waals surface area contributed by atoms with Crippen molar-refractivity contribution in [2.75, 3.05) is 13.1 Å². The van der Waals surface area contributed by atoms with Crippen LogP contribution in [0.15, 0.2) is 54.6 Å². The lowest BCUT2D eigenvalue weighted by Crippen LogP contribution is -2.54. The van der Waals surface area contributed by atoms with E-state index in [1.165, 1.54) is 0 Å². The average Bonchev–Trinajstić information content (AvgIpc) is 2.82. The summed E-state index contributed by atoms with van der Waals surface area (Å²) in [7, 11) is 0. The van der Waals surface area contributed by atoms with Crippen LogP contribution in [0.5, 0.6) is 0 Å². The largest absolute Gasteiger partial charge is 0.353 e. The zero-order chi connectivity index (χ0) is 23.8. The molecule has 176 valence electrons. The molecule has 6 nitrogen and oxygen atoms in total. The van der Waals surface area contributed by atoms with E-state index < -0.39 is 6.04 Å². The minimum absolute atomic E-state index is 0.0270. The highest BCUT2D eigenvalue weighted by molar-refractivity contribution is 5.98. The third-order valence-electron chi connectivity index (χ3n) is 6.26. The number of hydrogen-bond donors (Lipinski definition) is 2. The fourth-order valence-corrected chi connectivity index (χ4v) is 4.20. The summed E-state index contributed by atoms with van der Waals surface area (Å²) in [5.74, 6) is -0.253. The van der Waals surface area contributed by atoms with Crippen molar-refractivity contribution in [3.8, 4) is 0 Å². The molecule has 0 aromatic heterocycles. The van der Waals surface area contributed by atoms with E-state index in [1.807, 2.05) is 74.2 Å². The van der Waals surface area contributed by atoms with Gasteiger partial charge in [-0.3, -0.25) is 14.4 Å². The zero-order valence-corrected chi connectivity index (χ0v) is 19.8. The second kappa shape index (κ2) is 11.6. The number of amides is 3. The molecule has 1 aliphatic rings.